The number of fused-ring (bicyclic) bond motifs is 1. The average Bonchev–Trinajstić information content (AvgIpc) is 3.28. The lowest BCUT2D eigenvalue weighted by atomic mass is 9.66. The van der Waals surface area contributed by atoms with E-state index in [9.17, 15) is 19.5 Å². The van der Waals surface area contributed by atoms with Gasteiger partial charge in [0, 0.05) is 24.4 Å². The molecule has 3 aliphatic heterocycles. The third kappa shape index (κ3) is 3.28. The van der Waals surface area contributed by atoms with Gasteiger partial charge in [-0.1, -0.05) is 25.7 Å². The fraction of sp³-hybridized carbons (Fsp3) is 0.682. The molecule has 3 unspecified atom stereocenters. The van der Waals surface area contributed by atoms with Crippen molar-refractivity contribution < 1.29 is 24.2 Å². The summed E-state index contributed by atoms with van der Waals surface area (Å²) in [5.41, 5.74) is 0. The zero-order valence-corrected chi connectivity index (χ0v) is 18.8. The van der Waals surface area contributed by atoms with Crippen LogP contribution in [-0.4, -0.2) is 81.1 Å². The highest BCUT2D eigenvalue weighted by molar-refractivity contribution is 8.02. The molecule has 2 amide bonds. The molecule has 0 aromatic rings. The van der Waals surface area contributed by atoms with Gasteiger partial charge in [0.2, 0.25) is 11.8 Å². The van der Waals surface area contributed by atoms with E-state index in [0.29, 0.717) is 6.54 Å². The van der Waals surface area contributed by atoms with Crippen LogP contribution in [-0.2, 0) is 19.1 Å². The first-order chi connectivity index (χ1) is 14.3. The highest BCUT2D eigenvalue weighted by Gasteiger charge is 2.76. The highest BCUT2D eigenvalue weighted by atomic mass is 32.2. The first-order valence-corrected chi connectivity index (χ1v) is 11.4. The molecule has 3 heterocycles. The molecule has 30 heavy (non-hydrogen) atoms. The Bertz CT molecular complexity index is 741. The predicted molar refractivity (Wildman–Crippen MR) is 116 cm³/mol. The number of aliphatic hydroxyl groups is 1. The van der Waals surface area contributed by atoms with E-state index in [1.54, 1.807) is 22.7 Å². The number of hydrogen-bond donors (Lipinski definition) is 1. The van der Waals surface area contributed by atoms with Crippen LogP contribution in [0.1, 0.15) is 27.2 Å². The van der Waals surface area contributed by atoms with E-state index in [0.717, 1.165) is 6.42 Å². The van der Waals surface area contributed by atoms with E-state index in [2.05, 4.69) is 20.1 Å². The van der Waals surface area contributed by atoms with Gasteiger partial charge in [0.05, 0.1) is 23.2 Å². The minimum atomic E-state index is -0.716. The van der Waals surface area contributed by atoms with Crippen molar-refractivity contribution in [1.82, 2.24) is 9.80 Å². The monoisotopic (exact) mass is 436 g/mol. The summed E-state index contributed by atoms with van der Waals surface area (Å²) in [6, 6.07) is -0.781. The lowest BCUT2D eigenvalue weighted by molar-refractivity contribution is -0.153. The van der Waals surface area contributed by atoms with Crippen molar-refractivity contribution in [2.24, 2.45) is 17.8 Å². The Kier molecular flexibility index (Phi) is 6.67. The minimum absolute atomic E-state index is 0.0512. The van der Waals surface area contributed by atoms with Crippen LogP contribution in [0.4, 0.5) is 0 Å². The van der Waals surface area contributed by atoms with Gasteiger partial charge < -0.3 is 19.6 Å². The molecule has 0 aromatic carbocycles. The first kappa shape index (κ1) is 22.9. The molecule has 166 valence electrons. The number of amides is 2. The van der Waals surface area contributed by atoms with E-state index in [1.807, 2.05) is 13.8 Å². The van der Waals surface area contributed by atoms with Gasteiger partial charge in [0.1, 0.15) is 12.6 Å². The molecule has 1 N–H and O–H groups in total. The van der Waals surface area contributed by atoms with Crippen LogP contribution in [0.5, 0.6) is 0 Å². The molecule has 0 aliphatic carbocycles. The zero-order valence-electron chi connectivity index (χ0n) is 18.0. The Balaban J connectivity index is 2.05. The maximum Gasteiger partial charge on any atom is 0.311 e. The van der Waals surface area contributed by atoms with Crippen molar-refractivity contribution in [3.63, 3.8) is 0 Å². The van der Waals surface area contributed by atoms with Gasteiger partial charge in [-0.15, -0.1) is 18.3 Å². The molecule has 0 radical (unpaired) electrons. The number of nitrogens with zero attached hydrogens (tertiary/aromatic N) is 2. The number of ether oxygens (including phenoxy) is 1. The molecule has 7 nitrogen and oxygen atoms in total. The fourth-order valence-electron chi connectivity index (χ4n) is 5.50. The summed E-state index contributed by atoms with van der Waals surface area (Å²) in [5.74, 6) is -1.89. The first-order valence-electron chi connectivity index (χ1n) is 10.5. The number of hydrogen-bond acceptors (Lipinski definition) is 6. The van der Waals surface area contributed by atoms with Crippen molar-refractivity contribution in [2.45, 2.75) is 49.3 Å². The smallest absolute Gasteiger partial charge is 0.311 e. The minimum Gasteiger partial charge on any atom is -0.461 e. The number of carbonyl (C=O) groups is 3. The average molecular weight is 437 g/mol. The lowest BCUT2D eigenvalue weighted by Crippen LogP contribution is -2.58. The van der Waals surface area contributed by atoms with Gasteiger partial charge in [0.25, 0.3) is 0 Å². The fourth-order valence-corrected chi connectivity index (χ4v) is 7.91. The molecule has 2 bridgehead atoms. The van der Waals surface area contributed by atoms with Gasteiger partial charge in [-0.25, -0.2) is 0 Å². The Labute approximate surface area is 182 Å². The Hall–Kier alpha value is -1.80. The topological polar surface area (TPSA) is 87.2 Å². The molecule has 3 saturated heterocycles. The summed E-state index contributed by atoms with van der Waals surface area (Å²) in [6.45, 7) is 13.6. The second kappa shape index (κ2) is 8.75. The zero-order chi connectivity index (χ0) is 22.2. The number of carbonyl (C=O) groups excluding carboxylic acids is 3. The van der Waals surface area contributed by atoms with Crippen LogP contribution in [0.15, 0.2) is 25.3 Å². The molecular formula is C22H32N2O5S. The van der Waals surface area contributed by atoms with Crippen LogP contribution < -0.4 is 0 Å². The van der Waals surface area contributed by atoms with E-state index in [-0.39, 0.29) is 48.8 Å². The molecule has 0 saturated carbocycles. The summed E-state index contributed by atoms with van der Waals surface area (Å²) in [6.07, 6.45) is 3.94. The standard InChI is InChI=1S/C22H32N2O5S/c1-6-8-23(13(3)4)20(27)18-22-14(5)12-15(30-22)16(21(28)29-11-7-2)17(22)19(26)24(18)9-10-25/h6-7,13-18,25H,1-2,8-12H2,3-5H3/t14?,15-,16+,17-,18?,22?/m0/s1. The summed E-state index contributed by atoms with van der Waals surface area (Å²) in [4.78, 5) is 43.4. The van der Waals surface area contributed by atoms with Gasteiger partial charge in [-0.05, 0) is 26.2 Å². The van der Waals surface area contributed by atoms with Crippen LogP contribution >= 0.6 is 11.8 Å². The number of rotatable bonds is 9. The molecule has 3 fully saturated rings. The Morgan fingerprint density at radius 2 is 2.10 bits per heavy atom. The van der Waals surface area contributed by atoms with Gasteiger partial charge in [-0.3, -0.25) is 14.4 Å². The second-order valence-corrected chi connectivity index (χ2v) is 10.1. The molecule has 3 rings (SSSR count). The van der Waals surface area contributed by atoms with E-state index >= 15 is 0 Å². The number of likely N-dealkylation sites (tertiary alicyclic amines) is 1. The summed E-state index contributed by atoms with van der Waals surface area (Å²) in [7, 11) is 0. The third-order valence-electron chi connectivity index (χ3n) is 6.67. The number of esters is 1. The molecule has 6 atom stereocenters. The summed E-state index contributed by atoms with van der Waals surface area (Å²) in [5, 5.41) is 9.59. The maximum atomic E-state index is 13.8. The number of β-amino-alcohol motifs (C(OH)–C–C–N with tert-alkyl or cyclic N) is 1. The summed E-state index contributed by atoms with van der Waals surface area (Å²) < 4.78 is 4.64. The normalized spacial score (nSPS) is 34.2. The second-order valence-electron chi connectivity index (χ2n) is 8.60. The largest absolute Gasteiger partial charge is 0.461 e. The molecular weight excluding hydrogens is 404 g/mol. The Morgan fingerprint density at radius 3 is 2.67 bits per heavy atom. The van der Waals surface area contributed by atoms with Crippen molar-refractivity contribution in [3.8, 4) is 0 Å². The van der Waals surface area contributed by atoms with Crippen LogP contribution in [0.2, 0.25) is 0 Å². The lowest BCUT2D eigenvalue weighted by Gasteiger charge is -2.41. The van der Waals surface area contributed by atoms with Crippen LogP contribution in [0.3, 0.4) is 0 Å². The highest BCUT2D eigenvalue weighted by Crippen LogP contribution is 2.68. The van der Waals surface area contributed by atoms with Crippen LogP contribution in [0.25, 0.3) is 0 Å². The molecule has 8 heteroatoms. The Morgan fingerprint density at radius 1 is 1.40 bits per heavy atom. The van der Waals surface area contributed by atoms with Crippen LogP contribution in [0, 0.1) is 17.8 Å². The van der Waals surface area contributed by atoms with Gasteiger partial charge in [0.15, 0.2) is 0 Å². The predicted octanol–water partition coefficient (Wildman–Crippen LogP) is 1.47. The van der Waals surface area contributed by atoms with Crippen molar-refractivity contribution >= 4 is 29.5 Å². The van der Waals surface area contributed by atoms with Gasteiger partial charge >= 0.3 is 5.97 Å². The van der Waals surface area contributed by atoms with Gasteiger partial charge in [-0.2, -0.15) is 0 Å². The number of aliphatic hydroxyl groups excluding tert-OH is 1. The maximum absolute atomic E-state index is 13.8. The van der Waals surface area contributed by atoms with Crippen molar-refractivity contribution in [3.05, 3.63) is 25.3 Å². The van der Waals surface area contributed by atoms with E-state index in [4.69, 9.17) is 4.74 Å². The molecule has 1 spiro atoms. The molecule has 3 aliphatic rings. The van der Waals surface area contributed by atoms with Crippen molar-refractivity contribution in [2.75, 3.05) is 26.3 Å². The number of thioether (sulfide) groups is 1. The van der Waals surface area contributed by atoms with E-state index in [1.165, 1.54) is 11.0 Å². The van der Waals surface area contributed by atoms with Crippen molar-refractivity contribution in [1.29, 1.82) is 0 Å². The quantitative estimate of drug-likeness (QED) is 0.435. The van der Waals surface area contributed by atoms with E-state index < -0.39 is 28.6 Å². The molecule has 0 aromatic heterocycles. The SMILES string of the molecule is C=CCOC(=O)[C@@H]1[C@@H]2CC(C)C3(S2)C(C(=O)N(CC=C)C(C)C)N(CCO)C(=O)[C@H]13. The summed E-state index contributed by atoms with van der Waals surface area (Å²) >= 11 is 1.60. The third-order valence-corrected chi connectivity index (χ3v) is 8.74.